The maximum absolute atomic E-state index is 2.42. The Bertz CT molecular complexity index is 334. The summed E-state index contributed by atoms with van der Waals surface area (Å²) in [5.41, 5.74) is 4.61. The van der Waals surface area contributed by atoms with Gasteiger partial charge in [-0.25, -0.2) is 0 Å². The van der Waals surface area contributed by atoms with Gasteiger partial charge in [0.2, 0.25) is 0 Å². The maximum atomic E-state index is 2.42. The second kappa shape index (κ2) is 3.17. The van der Waals surface area contributed by atoms with Gasteiger partial charge < -0.3 is 0 Å². The highest BCUT2D eigenvalue weighted by Crippen LogP contribution is 2.46. The average Bonchev–Trinajstić information content (AvgIpc) is 2.51. The Balaban J connectivity index is 2.34. The van der Waals surface area contributed by atoms with Crippen LogP contribution in [0.2, 0.25) is 13.1 Å². The minimum Gasteiger partial charge on any atom is -0.123 e. The van der Waals surface area contributed by atoms with Crippen molar-refractivity contribution in [2.75, 3.05) is 0 Å². The van der Waals surface area contributed by atoms with E-state index in [0.29, 0.717) is 5.25 Å². The van der Waals surface area contributed by atoms with Crippen LogP contribution in [-0.2, 0) is 0 Å². The number of hydrogen-bond acceptors (Lipinski definition) is 1. The Labute approximate surface area is 86.4 Å². The Morgan fingerprint density at radius 1 is 1.31 bits per heavy atom. The first-order chi connectivity index (χ1) is 6.09. The fraction of sp³-hybridized carbons (Fsp3) is 0.455. The van der Waals surface area contributed by atoms with Crippen molar-refractivity contribution in [3.05, 3.63) is 33.4 Å². The van der Waals surface area contributed by atoms with Crippen LogP contribution < -0.4 is 0 Å². The van der Waals surface area contributed by atoms with E-state index in [0.717, 1.165) is 0 Å². The molecule has 1 aliphatic carbocycles. The van der Waals surface area contributed by atoms with Crippen LogP contribution in [0.5, 0.6) is 0 Å². The van der Waals surface area contributed by atoms with Crippen molar-refractivity contribution in [1.82, 2.24) is 0 Å². The molecule has 2 aliphatic rings. The number of fused-ring (bicyclic) bond motifs is 1. The van der Waals surface area contributed by atoms with E-state index < -0.39 is 8.80 Å². The van der Waals surface area contributed by atoms with Gasteiger partial charge in [0.15, 0.2) is 0 Å². The van der Waals surface area contributed by atoms with Crippen LogP contribution in [0.25, 0.3) is 0 Å². The molecule has 0 spiro atoms. The van der Waals surface area contributed by atoms with Crippen molar-refractivity contribution >= 4 is 20.6 Å². The topological polar surface area (TPSA) is 0 Å². The Kier molecular flexibility index (Phi) is 2.28. The van der Waals surface area contributed by atoms with Crippen LogP contribution in [-0.4, -0.2) is 14.0 Å². The molecule has 0 bridgehead atoms. The zero-order chi connectivity index (χ0) is 9.59. The number of thioether (sulfide) groups is 1. The molecule has 0 aromatic heterocycles. The van der Waals surface area contributed by atoms with Gasteiger partial charge in [-0.1, -0.05) is 30.8 Å². The molecule has 0 aromatic carbocycles. The summed E-state index contributed by atoms with van der Waals surface area (Å²) < 4.78 is 1.72. The van der Waals surface area contributed by atoms with Gasteiger partial charge in [0.25, 0.3) is 0 Å². The first kappa shape index (κ1) is 9.35. The predicted octanol–water partition coefficient (Wildman–Crippen LogP) is 3.29. The van der Waals surface area contributed by atoms with Crippen LogP contribution in [0.1, 0.15) is 13.8 Å². The molecule has 70 valence electrons. The number of hydrogen-bond donors (Lipinski definition) is 0. The van der Waals surface area contributed by atoms with Crippen molar-refractivity contribution in [1.29, 1.82) is 0 Å². The zero-order valence-electron chi connectivity index (χ0n) is 8.72. The normalized spacial score (nSPS) is 26.7. The molecule has 2 rings (SSSR count). The smallest absolute Gasteiger partial charge is 0.0733 e. The number of rotatable bonds is 1. The van der Waals surface area contributed by atoms with E-state index in [9.17, 15) is 0 Å². The summed E-state index contributed by atoms with van der Waals surface area (Å²) in [4.78, 5) is 0. The van der Waals surface area contributed by atoms with Gasteiger partial charge in [-0.15, -0.1) is 11.8 Å². The molecule has 0 N–H and O–H groups in total. The van der Waals surface area contributed by atoms with Crippen LogP contribution >= 0.6 is 11.8 Å². The standard InChI is InChI=1S/C11H16SSi/c1-7-5-9-8(2)11(13(3)4)12-10(9)6-7/h5-6,10,13H,1-4H3. The molecule has 1 aliphatic heterocycles. The van der Waals surface area contributed by atoms with E-state index >= 15 is 0 Å². The molecule has 0 aromatic rings. The molecule has 0 nitrogen and oxygen atoms in total. The van der Waals surface area contributed by atoms with Gasteiger partial charge in [0.05, 0.1) is 14.0 Å². The second-order valence-electron chi connectivity index (χ2n) is 4.19. The van der Waals surface area contributed by atoms with Crippen LogP contribution in [0.3, 0.4) is 0 Å². The highest BCUT2D eigenvalue weighted by Gasteiger charge is 2.30. The third-order valence-corrected chi connectivity index (χ3v) is 7.19. The van der Waals surface area contributed by atoms with Gasteiger partial charge in [0, 0.05) is 0 Å². The van der Waals surface area contributed by atoms with E-state index in [2.05, 4.69) is 50.9 Å². The van der Waals surface area contributed by atoms with Crippen LogP contribution in [0.4, 0.5) is 0 Å². The molecule has 0 saturated heterocycles. The minimum atomic E-state index is -0.586. The van der Waals surface area contributed by atoms with Gasteiger partial charge in [-0.3, -0.25) is 0 Å². The Hall–Kier alpha value is -0.213. The summed E-state index contributed by atoms with van der Waals surface area (Å²) in [5, 5.41) is 0.671. The Morgan fingerprint density at radius 3 is 2.54 bits per heavy atom. The first-order valence-corrected chi connectivity index (χ1v) is 8.64. The van der Waals surface area contributed by atoms with Crippen LogP contribution in [0, 0.1) is 0 Å². The van der Waals surface area contributed by atoms with Crippen molar-refractivity contribution < 1.29 is 0 Å². The fourth-order valence-corrected chi connectivity index (χ4v) is 5.84. The largest absolute Gasteiger partial charge is 0.123 e. The molecule has 1 atom stereocenters. The molecule has 2 heteroatoms. The highest BCUT2D eigenvalue weighted by atomic mass is 32.2. The third kappa shape index (κ3) is 1.46. The summed E-state index contributed by atoms with van der Waals surface area (Å²) in [6, 6.07) is 0. The summed E-state index contributed by atoms with van der Waals surface area (Å²) >= 11 is 2.10. The fourth-order valence-electron chi connectivity index (χ4n) is 2.06. The lowest BCUT2D eigenvalue weighted by Crippen LogP contribution is -2.02. The molecule has 0 fully saturated rings. The first-order valence-electron chi connectivity index (χ1n) is 4.87. The van der Waals surface area contributed by atoms with E-state index in [1.165, 1.54) is 5.57 Å². The average molecular weight is 208 g/mol. The molecule has 0 saturated carbocycles. The molecule has 0 radical (unpaired) electrons. The quantitative estimate of drug-likeness (QED) is 0.596. The molecule has 13 heavy (non-hydrogen) atoms. The highest BCUT2D eigenvalue weighted by molar-refractivity contribution is 8.06. The predicted molar refractivity (Wildman–Crippen MR) is 64.8 cm³/mol. The summed E-state index contributed by atoms with van der Waals surface area (Å²) in [6.07, 6.45) is 4.75. The van der Waals surface area contributed by atoms with Gasteiger partial charge in [-0.2, -0.15) is 0 Å². The maximum Gasteiger partial charge on any atom is 0.0733 e. The minimum absolute atomic E-state index is 0.586. The summed E-state index contributed by atoms with van der Waals surface area (Å²) in [6.45, 7) is 9.34. The van der Waals surface area contributed by atoms with E-state index in [1.54, 1.807) is 15.7 Å². The lowest BCUT2D eigenvalue weighted by Gasteiger charge is -2.05. The number of allylic oxidation sites excluding steroid dienone is 3. The molecule has 0 amide bonds. The van der Waals surface area contributed by atoms with E-state index in [1.807, 2.05) is 0 Å². The zero-order valence-corrected chi connectivity index (χ0v) is 10.7. The third-order valence-electron chi connectivity index (χ3n) is 2.68. The van der Waals surface area contributed by atoms with Crippen molar-refractivity contribution in [3.63, 3.8) is 0 Å². The molecular weight excluding hydrogens is 192 g/mol. The SMILES string of the molecule is CC1=CC2SC([SiH](C)C)=C(C)C2=C1. The van der Waals surface area contributed by atoms with Crippen molar-refractivity contribution in [2.45, 2.75) is 32.2 Å². The van der Waals surface area contributed by atoms with Gasteiger partial charge in [-0.05, 0) is 29.5 Å². The van der Waals surface area contributed by atoms with Gasteiger partial charge in [0.1, 0.15) is 0 Å². The molecule has 1 unspecified atom stereocenters. The summed E-state index contributed by atoms with van der Waals surface area (Å²) in [7, 11) is -0.586. The summed E-state index contributed by atoms with van der Waals surface area (Å²) in [5.74, 6) is 0. The lowest BCUT2D eigenvalue weighted by atomic mass is 10.1. The Morgan fingerprint density at radius 2 is 2.00 bits per heavy atom. The van der Waals surface area contributed by atoms with Gasteiger partial charge >= 0.3 is 0 Å². The second-order valence-corrected chi connectivity index (χ2v) is 8.68. The molecular formula is C11H16SSi. The van der Waals surface area contributed by atoms with Crippen LogP contribution in [0.15, 0.2) is 33.4 Å². The van der Waals surface area contributed by atoms with Crippen molar-refractivity contribution in [2.24, 2.45) is 0 Å². The lowest BCUT2D eigenvalue weighted by molar-refractivity contribution is 1.29. The van der Waals surface area contributed by atoms with E-state index in [4.69, 9.17) is 0 Å². The monoisotopic (exact) mass is 208 g/mol. The van der Waals surface area contributed by atoms with E-state index in [-0.39, 0.29) is 0 Å². The molecule has 1 heterocycles. The van der Waals surface area contributed by atoms with Crippen molar-refractivity contribution in [3.8, 4) is 0 Å².